The summed E-state index contributed by atoms with van der Waals surface area (Å²) in [6.45, 7) is 8.95. The molecule has 3 heteroatoms. The molecule has 1 rings (SSSR count). The van der Waals surface area contributed by atoms with Crippen molar-refractivity contribution in [2.75, 3.05) is 26.9 Å². The number of methoxy groups -OCH3 is 1. The number of likely N-dealkylation sites (N-methyl/N-ethyl adjacent to an activating group) is 1. The summed E-state index contributed by atoms with van der Waals surface area (Å²) >= 11 is 0. The number of hydrogen-bond acceptors (Lipinski definition) is 3. The first-order valence-electron chi connectivity index (χ1n) is 6.96. The maximum absolute atomic E-state index is 5.88. The second-order valence-corrected chi connectivity index (χ2v) is 5.61. The lowest BCUT2D eigenvalue weighted by Gasteiger charge is -2.33. The van der Waals surface area contributed by atoms with Gasteiger partial charge < -0.3 is 14.8 Å². The third-order valence-corrected chi connectivity index (χ3v) is 3.93. The van der Waals surface area contributed by atoms with E-state index in [0.717, 1.165) is 25.7 Å². The average Bonchev–Trinajstić information content (AvgIpc) is 2.81. The Hall–Kier alpha value is -0.120. The van der Waals surface area contributed by atoms with Gasteiger partial charge in [0.1, 0.15) is 0 Å². The van der Waals surface area contributed by atoms with Gasteiger partial charge in [-0.3, -0.25) is 0 Å². The van der Waals surface area contributed by atoms with E-state index in [1.165, 1.54) is 25.7 Å². The first-order chi connectivity index (χ1) is 8.10. The summed E-state index contributed by atoms with van der Waals surface area (Å²) in [4.78, 5) is 0. The van der Waals surface area contributed by atoms with E-state index in [-0.39, 0.29) is 11.6 Å². The molecule has 1 N–H and O–H groups in total. The molecule has 17 heavy (non-hydrogen) atoms. The minimum Gasteiger partial charge on any atom is -0.379 e. The van der Waals surface area contributed by atoms with Gasteiger partial charge in [0.05, 0.1) is 18.2 Å². The molecule has 0 aromatic carbocycles. The summed E-state index contributed by atoms with van der Waals surface area (Å²) in [7, 11) is 1.77. The minimum absolute atomic E-state index is 0.175. The minimum atomic E-state index is -0.175. The zero-order valence-corrected chi connectivity index (χ0v) is 11.9. The summed E-state index contributed by atoms with van der Waals surface area (Å²) in [5.41, 5.74) is -0.175. The van der Waals surface area contributed by atoms with Gasteiger partial charge in [-0.05, 0) is 39.2 Å². The Morgan fingerprint density at radius 2 is 1.94 bits per heavy atom. The Labute approximate surface area is 106 Å². The van der Waals surface area contributed by atoms with Crippen LogP contribution in [0.15, 0.2) is 0 Å². The Morgan fingerprint density at radius 1 is 1.29 bits per heavy atom. The fourth-order valence-electron chi connectivity index (χ4n) is 2.42. The van der Waals surface area contributed by atoms with Crippen LogP contribution < -0.4 is 5.32 Å². The van der Waals surface area contributed by atoms with Crippen LogP contribution in [0, 0.1) is 5.92 Å². The molecule has 0 bridgehead atoms. The van der Waals surface area contributed by atoms with Crippen molar-refractivity contribution in [1.82, 2.24) is 5.32 Å². The monoisotopic (exact) mass is 243 g/mol. The molecule has 1 fully saturated rings. The van der Waals surface area contributed by atoms with E-state index in [9.17, 15) is 0 Å². The van der Waals surface area contributed by atoms with Crippen molar-refractivity contribution in [1.29, 1.82) is 0 Å². The SMILES string of the molecule is CCNC(COCC1CCCC1)C(C)(C)OC. The Morgan fingerprint density at radius 3 is 2.47 bits per heavy atom. The van der Waals surface area contributed by atoms with E-state index in [2.05, 4.69) is 26.1 Å². The van der Waals surface area contributed by atoms with Gasteiger partial charge in [0.15, 0.2) is 0 Å². The Balaban J connectivity index is 2.28. The second-order valence-electron chi connectivity index (χ2n) is 5.61. The summed E-state index contributed by atoms with van der Waals surface area (Å²) in [6.07, 6.45) is 5.46. The van der Waals surface area contributed by atoms with Crippen LogP contribution in [0.4, 0.5) is 0 Å². The number of hydrogen-bond donors (Lipinski definition) is 1. The van der Waals surface area contributed by atoms with E-state index in [0.29, 0.717) is 0 Å². The van der Waals surface area contributed by atoms with E-state index in [1.54, 1.807) is 7.11 Å². The van der Waals surface area contributed by atoms with Gasteiger partial charge in [-0.2, -0.15) is 0 Å². The van der Waals surface area contributed by atoms with Crippen molar-refractivity contribution in [3.63, 3.8) is 0 Å². The van der Waals surface area contributed by atoms with Crippen LogP contribution in [0.2, 0.25) is 0 Å². The van der Waals surface area contributed by atoms with Crippen LogP contribution in [-0.2, 0) is 9.47 Å². The molecule has 1 aliphatic rings. The highest BCUT2D eigenvalue weighted by Crippen LogP contribution is 2.25. The number of nitrogens with one attached hydrogen (secondary N) is 1. The zero-order chi connectivity index (χ0) is 12.7. The Kier molecular flexibility index (Phi) is 6.45. The van der Waals surface area contributed by atoms with E-state index in [1.807, 2.05) is 0 Å². The number of ether oxygens (including phenoxy) is 2. The molecule has 0 heterocycles. The maximum Gasteiger partial charge on any atom is 0.0797 e. The lowest BCUT2D eigenvalue weighted by atomic mass is 9.99. The fraction of sp³-hybridized carbons (Fsp3) is 1.00. The van der Waals surface area contributed by atoms with Gasteiger partial charge in [0, 0.05) is 13.7 Å². The third-order valence-electron chi connectivity index (χ3n) is 3.93. The molecule has 0 aromatic rings. The van der Waals surface area contributed by atoms with Gasteiger partial charge in [-0.25, -0.2) is 0 Å². The van der Waals surface area contributed by atoms with Gasteiger partial charge in [0.25, 0.3) is 0 Å². The quantitative estimate of drug-likeness (QED) is 0.711. The van der Waals surface area contributed by atoms with Gasteiger partial charge in [-0.15, -0.1) is 0 Å². The highest BCUT2D eigenvalue weighted by molar-refractivity contribution is 4.85. The molecule has 0 saturated heterocycles. The predicted octanol–water partition coefficient (Wildman–Crippen LogP) is 2.60. The molecule has 1 unspecified atom stereocenters. The molecule has 0 amide bonds. The molecule has 1 aliphatic carbocycles. The average molecular weight is 243 g/mol. The van der Waals surface area contributed by atoms with Gasteiger partial charge in [0.2, 0.25) is 0 Å². The molecule has 1 atom stereocenters. The van der Waals surface area contributed by atoms with Crippen LogP contribution >= 0.6 is 0 Å². The molecule has 102 valence electrons. The normalized spacial score (nSPS) is 19.8. The van der Waals surface area contributed by atoms with Crippen molar-refractivity contribution in [3.8, 4) is 0 Å². The van der Waals surface area contributed by atoms with Crippen LogP contribution in [0.25, 0.3) is 0 Å². The smallest absolute Gasteiger partial charge is 0.0797 e. The summed E-state index contributed by atoms with van der Waals surface area (Å²) < 4.78 is 11.4. The van der Waals surface area contributed by atoms with Crippen molar-refractivity contribution in [2.24, 2.45) is 5.92 Å². The van der Waals surface area contributed by atoms with Crippen molar-refractivity contribution >= 4 is 0 Å². The van der Waals surface area contributed by atoms with E-state index in [4.69, 9.17) is 9.47 Å². The first kappa shape index (κ1) is 14.9. The topological polar surface area (TPSA) is 30.5 Å². The van der Waals surface area contributed by atoms with Crippen molar-refractivity contribution in [2.45, 2.75) is 58.1 Å². The summed E-state index contributed by atoms with van der Waals surface area (Å²) in [6, 6.07) is 0.263. The molecule has 0 aliphatic heterocycles. The summed E-state index contributed by atoms with van der Waals surface area (Å²) in [5.74, 6) is 0.794. The number of rotatable bonds is 8. The highest BCUT2D eigenvalue weighted by atomic mass is 16.5. The lowest BCUT2D eigenvalue weighted by molar-refractivity contribution is -0.0420. The van der Waals surface area contributed by atoms with Crippen LogP contribution in [0.3, 0.4) is 0 Å². The second kappa shape index (κ2) is 7.34. The zero-order valence-electron chi connectivity index (χ0n) is 11.9. The predicted molar refractivity (Wildman–Crippen MR) is 71.3 cm³/mol. The molecule has 3 nitrogen and oxygen atoms in total. The third kappa shape index (κ3) is 4.94. The van der Waals surface area contributed by atoms with E-state index < -0.39 is 0 Å². The van der Waals surface area contributed by atoms with Crippen LogP contribution in [-0.4, -0.2) is 38.5 Å². The standard InChI is InChI=1S/C14H29NO2/c1-5-15-13(14(2,3)16-4)11-17-10-12-8-6-7-9-12/h12-13,15H,5-11H2,1-4H3. The van der Waals surface area contributed by atoms with Crippen LogP contribution in [0.1, 0.15) is 46.5 Å². The molecule has 0 aromatic heterocycles. The molecular formula is C14H29NO2. The van der Waals surface area contributed by atoms with Crippen molar-refractivity contribution in [3.05, 3.63) is 0 Å². The maximum atomic E-state index is 5.88. The molecule has 1 saturated carbocycles. The molecule has 0 spiro atoms. The van der Waals surface area contributed by atoms with E-state index >= 15 is 0 Å². The lowest BCUT2D eigenvalue weighted by Crippen LogP contribution is -2.51. The van der Waals surface area contributed by atoms with Gasteiger partial charge >= 0.3 is 0 Å². The first-order valence-corrected chi connectivity index (χ1v) is 6.96. The Bertz CT molecular complexity index is 200. The largest absolute Gasteiger partial charge is 0.379 e. The highest BCUT2D eigenvalue weighted by Gasteiger charge is 2.29. The van der Waals surface area contributed by atoms with Crippen LogP contribution in [0.5, 0.6) is 0 Å². The molecule has 0 radical (unpaired) electrons. The fourth-order valence-corrected chi connectivity index (χ4v) is 2.42. The van der Waals surface area contributed by atoms with Gasteiger partial charge in [-0.1, -0.05) is 19.8 Å². The summed E-state index contributed by atoms with van der Waals surface area (Å²) in [5, 5.41) is 3.45. The van der Waals surface area contributed by atoms with Crippen molar-refractivity contribution < 1.29 is 9.47 Å². The molecular weight excluding hydrogens is 214 g/mol.